The maximum absolute atomic E-state index is 11.9. The maximum atomic E-state index is 11.9. The smallest absolute Gasteiger partial charge is 0.365 e. The fraction of sp³-hybridized carbons (Fsp3) is 0.833. The summed E-state index contributed by atoms with van der Waals surface area (Å²) in [5.41, 5.74) is 0. The van der Waals surface area contributed by atoms with E-state index in [1.807, 2.05) is 0 Å². The summed E-state index contributed by atoms with van der Waals surface area (Å²) in [6.07, 6.45) is -7.56. The van der Waals surface area contributed by atoms with Gasteiger partial charge in [-0.05, 0) is 0 Å². The van der Waals surface area contributed by atoms with Crippen LogP contribution >= 0.6 is 0 Å². The van der Waals surface area contributed by atoms with Crippen molar-refractivity contribution in [2.45, 2.75) is 48.4 Å². The Balaban J connectivity index is 3.48. The molecule has 1 aliphatic heterocycles. The summed E-state index contributed by atoms with van der Waals surface area (Å²) >= 11 is 0. The summed E-state index contributed by atoms with van der Waals surface area (Å²) in [5.74, 6) is -6.43. The van der Waals surface area contributed by atoms with Crippen molar-refractivity contribution in [3.05, 3.63) is 0 Å². The van der Waals surface area contributed by atoms with Crippen molar-refractivity contribution in [1.29, 1.82) is 0 Å². The number of carboxylic acid groups (broad SMARTS) is 1. The molecule has 0 radical (unpaired) electrons. The average molecular weight is 387 g/mol. The molecule has 2 unspecified atom stereocenters. The molecule has 0 spiro atoms. The second-order valence-electron chi connectivity index (χ2n) is 5.79. The Morgan fingerprint density at radius 2 is 1.84 bits per heavy atom. The molecule has 1 saturated heterocycles. The van der Waals surface area contributed by atoms with E-state index in [9.17, 15) is 43.5 Å². The molecular formula is C12H21NO11S. The van der Waals surface area contributed by atoms with Gasteiger partial charge in [0.25, 0.3) is 5.79 Å². The lowest BCUT2D eigenvalue weighted by Crippen LogP contribution is -2.74. The first-order valence-corrected chi connectivity index (χ1v) is 8.97. The molecule has 1 fully saturated rings. The van der Waals surface area contributed by atoms with Crippen LogP contribution in [0, 0.1) is 0 Å². The monoisotopic (exact) mass is 387 g/mol. The number of carbonyl (C=O) groups is 2. The van der Waals surface area contributed by atoms with Crippen LogP contribution in [-0.2, 0) is 24.2 Å². The normalized spacial score (nSPS) is 35.6. The van der Waals surface area contributed by atoms with Crippen molar-refractivity contribution in [2.75, 3.05) is 12.9 Å². The number of sulfone groups is 1. The molecule has 0 saturated carbocycles. The summed E-state index contributed by atoms with van der Waals surface area (Å²) in [6.45, 7) is -0.00297. The predicted octanol–water partition coefficient (Wildman–Crippen LogP) is -4.85. The minimum absolute atomic E-state index is 0.544. The van der Waals surface area contributed by atoms with Gasteiger partial charge < -0.3 is 40.7 Å². The van der Waals surface area contributed by atoms with Crippen molar-refractivity contribution in [3.63, 3.8) is 0 Å². The lowest BCUT2D eigenvalue weighted by Gasteiger charge is -2.48. The van der Waals surface area contributed by atoms with Crippen LogP contribution in [0.5, 0.6) is 0 Å². The molecule has 7 atom stereocenters. The molecule has 0 bridgehead atoms. The average Bonchev–Trinajstić information content (AvgIpc) is 2.46. The van der Waals surface area contributed by atoms with Gasteiger partial charge in [-0.25, -0.2) is 13.2 Å². The van der Waals surface area contributed by atoms with Gasteiger partial charge in [0.05, 0.1) is 18.8 Å². The van der Waals surface area contributed by atoms with E-state index in [0.717, 1.165) is 6.92 Å². The highest BCUT2D eigenvalue weighted by Gasteiger charge is 2.64. The summed E-state index contributed by atoms with van der Waals surface area (Å²) < 4.78 is 28.6. The number of rotatable bonds is 6. The molecule has 146 valence electrons. The Morgan fingerprint density at radius 1 is 1.32 bits per heavy atom. The lowest BCUT2D eigenvalue weighted by molar-refractivity contribution is -0.292. The first-order valence-electron chi connectivity index (χ1n) is 7.02. The SMILES string of the molecule is CC(=O)N[C@@H]1[C@@H](O)C(S(C)(=O)=O)[C@](O)(C(=O)O)O[C@H]1C(O)[C@H](O)CO. The number of aliphatic hydroxyl groups excluding tert-OH is 4. The van der Waals surface area contributed by atoms with E-state index < -0.39 is 69.8 Å². The van der Waals surface area contributed by atoms with E-state index in [2.05, 4.69) is 5.32 Å². The predicted molar refractivity (Wildman–Crippen MR) is 78.8 cm³/mol. The number of aliphatic carboxylic acids is 1. The number of hydrogen-bond donors (Lipinski definition) is 7. The van der Waals surface area contributed by atoms with Crippen LogP contribution in [0.15, 0.2) is 0 Å². The van der Waals surface area contributed by atoms with E-state index in [1.165, 1.54) is 0 Å². The van der Waals surface area contributed by atoms with Gasteiger partial charge in [0.2, 0.25) is 5.91 Å². The molecule has 0 aliphatic carbocycles. The van der Waals surface area contributed by atoms with Gasteiger partial charge in [-0.3, -0.25) is 4.79 Å². The third-order valence-electron chi connectivity index (χ3n) is 3.79. The quantitative estimate of drug-likeness (QED) is 0.230. The molecular weight excluding hydrogens is 366 g/mol. The van der Waals surface area contributed by atoms with E-state index >= 15 is 0 Å². The second kappa shape index (κ2) is 7.49. The second-order valence-corrected chi connectivity index (χ2v) is 7.96. The van der Waals surface area contributed by atoms with Crippen molar-refractivity contribution in [2.24, 2.45) is 0 Å². The zero-order chi connectivity index (χ0) is 19.7. The van der Waals surface area contributed by atoms with Crippen LogP contribution in [0.3, 0.4) is 0 Å². The molecule has 1 heterocycles. The molecule has 25 heavy (non-hydrogen) atoms. The fourth-order valence-corrected chi connectivity index (χ4v) is 4.10. The Bertz CT molecular complexity index is 623. The van der Waals surface area contributed by atoms with Crippen molar-refractivity contribution >= 4 is 21.7 Å². The van der Waals surface area contributed by atoms with Crippen LogP contribution in [0.25, 0.3) is 0 Å². The van der Waals surface area contributed by atoms with Crippen molar-refractivity contribution in [3.8, 4) is 0 Å². The zero-order valence-corrected chi connectivity index (χ0v) is 14.1. The molecule has 0 aromatic heterocycles. The first kappa shape index (κ1) is 21.7. The summed E-state index contributed by atoms with van der Waals surface area (Å²) in [5, 5.41) is 57.8. The Morgan fingerprint density at radius 3 is 2.20 bits per heavy atom. The number of ether oxygens (including phenoxy) is 1. The summed E-state index contributed by atoms with van der Waals surface area (Å²) in [4.78, 5) is 22.7. The molecule has 13 heteroatoms. The Labute approximate surface area is 142 Å². The summed E-state index contributed by atoms with van der Waals surface area (Å²) in [6, 6.07) is -1.70. The van der Waals surface area contributed by atoms with Gasteiger partial charge in [-0.1, -0.05) is 0 Å². The van der Waals surface area contributed by atoms with Gasteiger partial charge in [0.1, 0.15) is 18.3 Å². The highest BCUT2D eigenvalue weighted by Crippen LogP contribution is 2.34. The van der Waals surface area contributed by atoms with Gasteiger partial charge in [-0.2, -0.15) is 0 Å². The molecule has 7 N–H and O–H groups in total. The minimum atomic E-state index is -4.42. The Hall–Kier alpha value is -1.35. The number of nitrogens with one attached hydrogen (secondary N) is 1. The van der Waals surface area contributed by atoms with Crippen LogP contribution in [0.2, 0.25) is 0 Å². The number of carbonyl (C=O) groups excluding carboxylic acids is 1. The first-order chi connectivity index (χ1) is 11.3. The van der Waals surface area contributed by atoms with E-state index in [4.69, 9.17) is 9.84 Å². The molecule has 1 rings (SSSR count). The molecule has 1 amide bonds. The molecule has 1 aliphatic rings. The van der Waals surface area contributed by atoms with Crippen LogP contribution in [-0.4, -0.2) is 105 Å². The highest BCUT2D eigenvalue weighted by atomic mass is 32.2. The van der Waals surface area contributed by atoms with Gasteiger partial charge in [-0.15, -0.1) is 0 Å². The fourth-order valence-electron chi connectivity index (χ4n) is 2.69. The van der Waals surface area contributed by atoms with Gasteiger partial charge >= 0.3 is 5.97 Å². The zero-order valence-electron chi connectivity index (χ0n) is 13.3. The topological polar surface area (TPSA) is 211 Å². The maximum Gasteiger partial charge on any atom is 0.365 e. The minimum Gasteiger partial charge on any atom is -0.477 e. The standard InChI is InChI=1S/C12H21NO11S/c1-4(15)13-6-8(18)10(25(2,22)23)12(21,11(19)20)24-9(6)7(17)5(16)3-14/h5-10,14,16-18,21H,3H2,1-2H3,(H,13,15)(H,19,20)/t5-,6-,7?,8-,9-,10?,12-/m1/s1. The van der Waals surface area contributed by atoms with Crippen LogP contribution in [0.4, 0.5) is 0 Å². The third-order valence-corrected chi connectivity index (χ3v) is 5.31. The molecule has 12 nitrogen and oxygen atoms in total. The van der Waals surface area contributed by atoms with Crippen molar-refractivity contribution in [1.82, 2.24) is 5.32 Å². The third kappa shape index (κ3) is 4.25. The van der Waals surface area contributed by atoms with E-state index in [0.29, 0.717) is 6.26 Å². The number of aliphatic hydroxyl groups is 5. The molecule has 0 aromatic carbocycles. The number of amides is 1. The van der Waals surface area contributed by atoms with E-state index in [-0.39, 0.29) is 0 Å². The lowest BCUT2D eigenvalue weighted by atomic mass is 9.88. The largest absolute Gasteiger partial charge is 0.477 e. The van der Waals surface area contributed by atoms with Crippen LogP contribution in [0.1, 0.15) is 6.92 Å². The van der Waals surface area contributed by atoms with E-state index in [1.54, 1.807) is 0 Å². The van der Waals surface area contributed by atoms with Gasteiger partial charge in [0.15, 0.2) is 15.1 Å². The van der Waals surface area contributed by atoms with Gasteiger partial charge in [0, 0.05) is 13.2 Å². The number of carboxylic acids is 1. The summed E-state index contributed by atoms with van der Waals surface area (Å²) in [7, 11) is -4.42. The highest BCUT2D eigenvalue weighted by molar-refractivity contribution is 7.91. The Kier molecular flexibility index (Phi) is 6.50. The number of hydrogen-bond acceptors (Lipinski definition) is 10. The van der Waals surface area contributed by atoms with Crippen molar-refractivity contribution < 1.29 is 53.4 Å². The van der Waals surface area contributed by atoms with Crippen LogP contribution < -0.4 is 5.32 Å². The molecule has 0 aromatic rings.